The Morgan fingerprint density at radius 3 is 2.62 bits per heavy atom. The molecule has 168 valence electrons. The Morgan fingerprint density at radius 2 is 1.94 bits per heavy atom. The number of alkyl halides is 1. The molecule has 0 unspecified atom stereocenters. The number of aromatic nitrogens is 4. The maximum Gasteiger partial charge on any atom is 0.338 e. The minimum atomic E-state index is -2.26. The minimum absolute atomic E-state index is 0.100. The molecule has 1 saturated heterocycles. The summed E-state index contributed by atoms with van der Waals surface area (Å²) >= 11 is 6.06. The van der Waals surface area contributed by atoms with Crippen molar-refractivity contribution >= 4 is 34.7 Å². The number of ether oxygens (including phenoxy) is 3. The highest BCUT2D eigenvalue weighted by Gasteiger charge is 2.66. The fourth-order valence-electron chi connectivity index (χ4n) is 3.77. The third-order valence-electron chi connectivity index (χ3n) is 5.64. The first-order valence-corrected chi connectivity index (χ1v) is 10.1. The summed E-state index contributed by atoms with van der Waals surface area (Å²) in [5.41, 5.74) is -3.21. The van der Waals surface area contributed by atoms with Gasteiger partial charge < -0.3 is 14.2 Å². The second-order valence-electron chi connectivity index (χ2n) is 7.71. The van der Waals surface area contributed by atoms with Gasteiger partial charge in [0.2, 0.25) is 0 Å². The van der Waals surface area contributed by atoms with E-state index in [4.69, 9.17) is 25.8 Å². The second-order valence-corrected chi connectivity index (χ2v) is 8.06. The van der Waals surface area contributed by atoms with E-state index in [2.05, 4.69) is 15.0 Å². The number of halogens is 2. The van der Waals surface area contributed by atoms with Gasteiger partial charge >= 0.3 is 11.9 Å². The van der Waals surface area contributed by atoms with Crippen molar-refractivity contribution in [2.75, 3.05) is 6.61 Å². The van der Waals surface area contributed by atoms with E-state index in [0.717, 1.165) is 0 Å². The molecule has 4 rings (SSSR count). The van der Waals surface area contributed by atoms with Crippen LogP contribution in [0.2, 0.25) is 5.15 Å². The molecule has 0 N–H and O–H groups in total. The summed E-state index contributed by atoms with van der Waals surface area (Å²) in [6, 6.07) is 8.33. The van der Waals surface area contributed by atoms with Gasteiger partial charge in [-0.1, -0.05) is 29.8 Å². The van der Waals surface area contributed by atoms with Crippen LogP contribution in [-0.4, -0.2) is 55.4 Å². The molecular weight excluding hydrogens is 443 g/mol. The van der Waals surface area contributed by atoms with Crippen molar-refractivity contribution in [1.29, 1.82) is 0 Å². The van der Waals surface area contributed by atoms with Gasteiger partial charge in [-0.05, 0) is 26.0 Å². The molecule has 0 saturated carbocycles. The van der Waals surface area contributed by atoms with Crippen LogP contribution in [0.4, 0.5) is 4.39 Å². The third kappa shape index (κ3) is 3.59. The summed E-state index contributed by atoms with van der Waals surface area (Å²) < 4.78 is 34.4. The number of hydrogen-bond acceptors (Lipinski definition) is 8. The van der Waals surface area contributed by atoms with Gasteiger partial charge in [0.15, 0.2) is 28.3 Å². The molecule has 0 spiro atoms. The Bertz CT molecular complexity index is 1170. The first-order valence-electron chi connectivity index (χ1n) is 9.74. The standard InChI is InChI=1S/C21H20ClFN4O5/c1-12(28)32-21(3)14(9-30-18(29)13-7-5-4-6-8-13)31-19(20(21,2)23)27-11-26-15-16(22)24-10-25-17(15)27/h4-8,10-11,14,19H,9H2,1-3H3/t14-,19+,20+,21-/m1/s1. The SMILES string of the molecule is CC(=O)O[C@]1(C)[C@@H](COC(=O)c2ccccc2)O[C@H](n2cnc3c(Cl)ncnc32)[C@]1(C)F. The van der Waals surface area contributed by atoms with Crippen molar-refractivity contribution in [3.05, 3.63) is 53.7 Å². The maximum atomic E-state index is 16.3. The Balaban J connectivity index is 1.67. The van der Waals surface area contributed by atoms with Gasteiger partial charge in [0.25, 0.3) is 0 Å². The molecule has 9 nitrogen and oxygen atoms in total. The van der Waals surface area contributed by atoms with Crippen molar-refractivity contribution in [1.82, 2.24) is 19.5 Å². The molecule has 0 aliphatic carbocycles. The molecule has 3 heterocycles. The predicted octanol–water partition coefficient (Wildman–Crippen LogP) is 3.28. The van der Waals surface area contributed by atoms with Crippen LogP contribution >= 0.6 is 11.6 Å². The number of carbonyl (C=O) groups is 2. The largest absolute Gasteiger partial charge is 0.459 e. The molecule has 0 radical (unpaired) electrons. The number of rotatable bonds is 5. The topological polar surface area (TPSA) is 105 Å². The van der Waals surface area contributed by atoms with E-state index in [0.29, 0.717) is 5.56 Å². The third-order valence-corrected chi connectivity index (χ3v) is 5.92. The number of esters is 2. The van der Waals surface area contributed by atoms with Gasteiger partial charge in [0, 0.05) is 6.92 Å². The molecular formula is C21H20ClFN4O5. The van der Waals surface area contributed by atoms with Crippen LogP contribution in [0, 0.1) is 0 Å². The number of fused-ring (bicyclic) bond motifs is 1. The highest BCUT2D eigenvalue weighted by molar-refractivity contribution is 6.33. The number of imidazole rings is 1. The fourth-order valence-corrected chi connectivity index (χ4v) is 3.94. The van der Waals surface area contributed by atoms with Crippen LogP contribution in [0.5, 0.6) is 0 Å². The smallest absolute Gasteiger partial charge is 0.338 e. The van der Waals surface area contributed by atoms with E-state index < -0.39 is 35.5 Å². The van der Waals surface area contributed by atoms with Gasteiger partial charge in [-0.2, -0.15) is 0 Å². The molecule has 0 amide bonds. The van der Waals surface area contributed by atoms with E-state index in [1.54, 1.807) is 30.3 Å². The molecule has 11 heteroatoms. The van der Waals surface area contributed by atoms with Gasteiger partial charge in [-0.25, -0.2) is 24.1 Å². The van der Waals surface area contributed by atoms with E-state index in [-0.39, 0.29) is 22.9 Å². The van der Waals surface area contributed by atoms with Crippen LogP contribution < -0.4 is 0 Å². The zero-order chi connectivity index (χ0) is 23.1. The van der Waals surface area contributed by atoms with Crippen molar-refractivity contribution < 1.29 is 28.2 Å². The maximum absolute atomic E-state index is 16.3. The lowest BCUT2D eigenvalue weighted by molar-refractivity contribution is -0.175. The second kappa shape index (κ2) is 8.10. The van der Waals surface area contributed by atoms with E-state index >= 15 is 4.39 Å². The lowest BCUT2D eigenvalue weighted by atomic mass is 9.84. The normalized spacial score (nSPS) is 27.4. The van der Waals surface area contributed by atoms with E-state index in [1.807, 2.05) is 0 Å². The summed E-state index contributed by atoms with van der Waals surface area (Å²) in [4.78, 5) is 36.4. The summed E-state index contributed by atoms with van der Waals surface area (Å²) in [5.74, 6) is -1.32. The average Bonchev–Trinajstić information content (AvgIpc) is 3.25. The molecule has 1 aliphatic heterocycles. The van der Waals surface area contributed by atoms with Crippen LogP contribution in [-0.2, 0) is 19.0 Å². The van der Waals surface area contributed by atoms with Gasteiger partial charge in [0.1, 0.15) is 24.6 Å². The van der Waals surface area contributed by atoms with Gasteiger partial charge in [-0.15, -0.1) is 0 Å². The summed E-state index contributed by atoms with van der Waals surface area (Å²) in [7, 11) is 0. The lowest BCUT2D eigenvalue weighted by Crippen LogP contribution is -2.55. The van der Waals surface area contributed by atoms with Crippen LogP contribution in [0.1, 0.15) is 37.4 Å². The predicted molar refractivity (Wildman–Crippen MR) is 111 cm³/mol. The van der Waals surface area contributed by atoms with Crippen LogP contribution in [0.3, 0.4) is 0 Å². The fraction of sp³-hybridized carbons (Fsp3) is 0.381. The first kappa shape index (κ1) is 22.1. The van der Waals surface area contributed by atoms with Crippen molar-refractivity contribution in [2.45, 2.75) is 44.4 Å². The van der Waals surface area contributed by atoms with Crippen molar-refractivity contribution in [3.8, 4) is 0 Å². The van der Waals surface area contributed by atoms with Crippen LogP contribution in [0.25, 0.3) is 11.2 Å². The lowest BCUT2D eigenvalue weighted by Gasteiger charge is -2.36. The number of benzene rings is 1. The number of nitrogens with zero attached hydrogens (tertiary/aromatic N) is 4. The van der Waals surface area contributed by atoms with E-state index in [9.17, 15) is 9.59 Å². The first-order chi connectivity index (χ1) is 15.1. The Morgan fingerprint density at radius 1 is 1.22 bits per heavy atom. The average molecular weight is 463 g/mol. The van der Waals surface area contributed by atoms with Crippen LogP contribution in [0.15, 0.2) is 43.0 Å². The summed E-state index contributed by atoms with van der Waals surface area (Å²) in [5, 5.41) is 0.100. The van der Waals surface area contributed by atoms with E-state index in [1.165, 1.54) is 38.0 Å². The highest BCUT2D eigenvalue weighted by atomic mass is 35.5. The molecule has 1 aliphatic rings. The quantitative estimate of drug-likeness (QED) is 0.420. The highest BCUT2D eigenvalue weighted by Crippen LogP contribution is 2.51. The summed E-state index contributed by atoms with van der Waals surface area (Å²) in [6.07, 6.45) is 0.120. The zero-order valence-electron chi connectivity index (χ0n) is 17.5. The molecule has 0 bridgehead atoms. The molecule has 2 aromatic heterocycles. The zero-order valence-corrected chi connectivity index (χ0v) is 18.2. The molecule has 3 aromatic rings. The van der Waals surface area contributed by atoms with Crippen molar-refractivity contribution in [2.24, 2.45) is 0 Å². The van der Waals surface area contributed by atoms with Crippen molar-refractivity contribution in [3.63, 3.8) is 0 Å². The molecule has 32 heavy (non-hydrogen) atoms. The molecule has 1 fully saturated rings. The Hall–Kier alpha value is -3.11. The van der Waals surface area contributed by atoms with Gasteiger partial charge in [-0.3, -0.25) is 9.36 Å². The number of hydrogen-bond donors (Lipinski definition) is 0. The Labute approximate surface area is 187 Å². The molecule has 1 aromatic carbocycles. The summed E-state index contributed by atoms with van der Waals surface area (Å²) in [6.45, 7) is 3.46. The minimum Gasteiger partial charge on any atom is -0.459 e. The number of carbonyl (C=O) groups excluding carboxylic acids is 2. The Kier molecular flexibility index (Phi) is 5.59. The monoisotopic (exact) mass is 462 g/mol. The van der Waals surface area contributed by atoms with Gasteiger partial charge in [0.05, 0.1) is 11.9 Å². The molecule has 4 atom stereocenters.